The third-order valence-electron chi connectivity index (χ3n) is 3.42. The fraction of sp³-hybridized carbons (Fsp3) is 0.529. The van der Waals surface area contributed by atoms with E-state index >= 15 is 0 Å². The quantitative estimate of drug-likeness (QED) is 0.797. The minimum Gasteiger partial charge on any atom is -0.366 e. The van der Waals surface area contributed by atoms with Crippen molar-refractivity contribution in [1.82, 2.24) is 5.32 Å². The van der Waals surface area contributed by atoms with Gasteiger partial charge < -0.3 is 10.1 Å². The van der Waals surface area contributed by atoms with E-state index in [1.54, 1.807) is 7.11 Å². The fourth-order valence-corrected chi connectivity index (χ4v) is 2.08. The van der Waals surface area contributed by atoms with Gasteiger partial charge in [0.25, 0.3) is 0 Å². The molecule has 0 heterocycles. The van der Waals surface area contributed by atoms with E-state index in [0.717, 1.165) is 6.42 Å². The second-order valence-corrected chi connectivity index (χ2v) is 5.89. The molecule has 0 bridgehead atoms. The van der Waals surface area contributed by atoms with Crippen molar-refractivity contribution in [2.24, 2.45) is 0 Å². The van der Waals surface area contributed by atoms with Gasteiger partial charge in [-0.1, -0.05) is 52.0 Å². The zero-order valence-corrected chi connectivity index (χ0v) is 13.1. The predicted octanol–water partition coefficient (Wildman–Crippen LogP) is 4.32. The number of methoxy groups -OCH3 is 1. The standard InChI is InChI=1S/C17H27NO/c1-7-16(18-12-19-6)13(2)14-8-10-15(11-9-14)17(3,4)5/h8-11,18H,7,12H2,1-6H3/b16-13-. The van der Waals surface area contributed by atoms with Crippen molar-refractivity contribution in [3.63, 3.8) is 0 Å². The van der Waals surface area contributed by atoms with Crippen LogP contribution in [0, 0.1) is 0 Å². The van der Waals surface area contributed by atoms with Gasteiger partial charge in [-0.05, 0) is 35.5 Å². The monoisotopic (exact) mass is 261 g/mol. The van der Waals surface area contributed by atoms with Crippen LogP contribution >= 0.6 is 0 Å². The lowest BCUT2D eigenvalue weighted by Crippen LogP contribution is -2.17. The SMILES string of the molecule is CC/C(NCOC)=C(\C)c1ccc(C(C)(C)C)cc1. The summed E-state index contributed by atoms with van der Waals surface area (Å²) in [4.78, 5) is 0. The first-order valence-electron chi connectivity index (χ1n) is 6.93. The summed E-state index contributed by atoms with van der Waals surface area (Å²) < 4.78 is 5.08. The van der Waals surface area contributed by atoms with E-state index in [2.05, 4.69) is 64.2 Å². The summed E-state index contributed by atoms with van der Waals surface area (Å²) >= 11 is 0. The first-order valence-corrected chi connectivity index (χ1v) is 6.93. The summed E-state index contributed by atoms with van der Waals surface area (Å²) in [5.41, 5.74) is 5.38. The maximum absolute atomic E-state index is 5.08. The first-order chi connectivity index (χ1) is 8.90. The molecule has 0 aliphatic rings. The van der Waals surface area contributed by atoms with E-state index in [1.165, 1.54) is 22.4 Å². The van der Waals surface area contributed by atoms with Gasteiger partial charge in [0.15, 0.2) is 0 Å². The van der Waals surface area contributed by atoms with Crippen LogP contribution in [0.3, 0.4) is 0 Å². The molecule has 0 aliphatic heterocycles. The third kappa shape index (κ3) is 4.39. The number of benzene rings is 1. The van der Waals surface area contributed by atoms with E-state index in [4.69, 9.17) is 4.74 Å². The van der Waals surface area contributed by atoms with Crippen LogP contribution in [-0.2, 0) is 10.2 Å². The van der Waals surface area contributed by atoms with Crippen LogP contribution in [0.4, 0.5) is 0 Å². The molecule has 0 atom stereocenters. The third-order valence-corrected chi connectivity index (χ3v) is 3.42. The van der Waals surface area contributed by atoms with Crippen LogP contribution in [0.1, 0.15) is 52.2 Å². The molecule has 2 nitrogen and oxygen atoms in total. The smallest absolute Gasteiger partial charge is 0.115 e. The van der Waals surface area contributed by atoms with Crippen LogP contribution in [0.2, 0.25) is 0 Å². The van der Waals surface area contributed by atoms with E-state index in [9.17, 15) is 0 Å². The van der Waals surface area contributed by atoms with Crippen molar-refractivity contribution in [2.75, 3.05) is 13.8 Å². The van der Waals surface area contributed by atoms with Crippen molar-refractivity contribution in [1.29, 1.82) is 0 Å². The molecule has 0 saturated heterocycles. The Kier molecular flexibility index (Phi) is 5.61. The number of nitrogens with one attached hydrogen (secondary N) is 1. The summed E-state index contributed by atoms with van der Waals surface area (Å²) in [5.74, 6) is 0. The summed E-state index contributed by atoms with van der Waals surface area (Å²) in [6.45, 7) is 11.6. The lowest BCUT2D eigenvalue weighted by molar-refractivity contribution is 0.184. The maximum atomic E-state index is 5.08. The molecule has 0 aliphatic carbocycles. The van der Waals surface area contributed by atoms with E-state index in [1.807, 2.05) is 0 Å². The minimum atomic E-state index is 0.206. The molecule has 0 saturated carbocycles. The molecule has 0 unspecified atom stereocenters. The van der Waals surface area contributed by atoms with Gasteiger partial charge in [0.1, 0.15) is 6.73 Å². The van der Waals surface area contributed by atoms with Crippen molar-refractivity contribution in [3.05, 3.63) is 41.1 Å². The van der Waals surface area contributed by atoms with Gasteiger partial charge in [-0.25, -0.2) is 0 Å². The Labute approximate surface area is 117 Å². The molecule has 1 N–H and O–H groups in total. The van der Waals surface area contributed by atoms with Crippen LogP contribution in [0.25, 0.3) is 5.57 Å². The van der Waals surface area contributed by atoms with Gasteiger partial charge in [-0.15, -0.1) is 0 Å². The molecule has 0 aromatic heterocycles. The summed E-state index contributed by atoms with van der Waals surface area (Å²) in [5, 5.41) is 3.32. The molecule has 0 radical (unpaired) electrons. The summed E-state index contributed by atoms with van der Waals surface area (Å²) in [6, 6.07) is 8.87. The normalized spacial score (nSPS) is 13.2. The maximum Gasteiger partial charge on any atom is 0.115 e. The summed E-state index contributed by atoms with van der Waals surface area (Å²) in [6.07, 6.45) is 0.982. The van der Waals surface area contributed by atoms with Gasteiger partial charge in [-0.3, -0.25) is 0 Å². The topological polar surface area (TPSA) is 21.3 Å². The molecule has 106 valence electrons. The molecule has 1 aromatic rings. The Morgan fingerprint density at radius 2 is 1.74 bits per heavy atom. The second-order valence-electron chi connectivity index (χ2n) is 5.89. The average molecular weight is 261 g/mol. The number of hydrogen-bond acceptors (Lipinski definition) is 2. The van der Waals surface area contributed by atoms with Crippen LogP contribution in [0.5, 0.6) is 0 Å². The second kappa shape index (κ2) is 6.76. The Bertz CT molecular complexity index is 424. The van der Waals surface area contributed by atoms with Gasteiger partial charge in [-0.2, -0.15) is 0 Å². The lowest BCUT2D eigenvalue weighted by atomic mass is 9.86. The average Bonchev–Trinajstić information content (AvgIpc) is 2.38. The molecule has 19 heavy (non-hydrogen) atoms. The molecule has 1 rings (SSSR count). The van der Waals surface area contributed by atoms with Gasteiger partial charge in [0.2, 0.25) is 0 Å². The fourth-order valence-electron chi connectivity index (χ4n) is 2.08. The molecule has 1 aromatic carbocycles. The van der Waals surface area contributed by atoms with E-state index < -0.39 is 0 Å². The molecular weight excluding hydrogens is 234 g/mol. The van der Waals surface area contributed by atoms with Crippen molar-refractivity contribution in [2.45, 2.75) is 46.5 Å². The van der Waals surface area contributed by atoms with Crippen LogP contribution in [0.15, 0.2) is 30.0 Å². The van der Waals surface area contributed by atoms with Crippen molar-refractivity contribution < 1.29 is 4.74 Å². The molecule has 0 amide bonds. The molecule has 0 spiro atoms. The highest BCUT2D eigenvalue weighted by atomic mass is 16.5. The lowest BCUT2D eigenvalue weighted by Gasteiger charge is -2.20. The number of hydrogen-bond donors (Lipinski definition) is 1. The summed E-state index contributed by atoms with van der Waals surface area (Å²) in [7, 11) is 1.70. The first kappa shape index (κ1) is 15.8. The van der Waals surface area contributed by atoms with Gasteiger partial charge >= 0.3 is 0 Å². The Balaban J connectivity index is 2.98. The number of ether oxygens (including phenoxy) is 1. The molecule has 2 heteroatoms. The highest BCUT2D eigenvalue weighted by Crippen LogP contribution is 2.25. The van der Waals surface area contributed by atoms with Crippen LogP contribution in [-0.4, -0.2) is 13.8 Å². The highest BCUT2D eigenvalue weighted by molar-refractivity contribution is 5.66. The van der Waals surface area contributed by atoms with Gasteiger partial charge in [0.05, 0.1) is 0 Å². The highest BCUT2D eigenvalue weighted by Gasteiger charge is 2.13. The van der Waals surface area contributed by atoms with Crippen LogP contribution < -0.4 is 5.32 Å². The van der Waals surface area contributed by atoms with Crippen molar-refractivity contribution >= 4 is 5.57 Å². The predicted molar refractivity (Wildman–Crippen MR) is 83.0 cm³/mol. The number of allylic oxidation sites excluding steroid dienone is 2. The van der Waals surface area contributed by atoms with E-state index in [-0.39, 0.29) is 5.41 Å². The Morgan fingerprint density at radius 1 is 1.16 bits per heavy atom. The Morgan fingerprint density at radius 3 is 2.16 bits per heavy atom. The largest absolute Gasteiger partial charge is 0.366 e. The van der Waals surface area contributed by atoms with E-state index in [0.29, 0.717) is 6.73 Å². The van der Waals surface area contributed by atoms with Crippen molar-refractivity contribution in [3.8, 4) is 0 Å². The zero-order chi connectivity index (χ0) is 14.5. The molecule has 0 fully saturated rings. The number of rotatable bonds is 5. The van der Waals surface area contributed by atoms with Gasteiger partial charge in [0, 0.05) is 12.8 Å². The Hall–Kier alpha value is -1.28. The zero-order valence-electron chi connectivity index (χ0n) is 13.1. The molecular formula is C17H27NO. The minimum absolute atomic E-state index is 0.206.